The van der Waals surface area contributed by atoms with Crippen molar-refractivity contribution in [3.63, 3.8) is 0 Å². The van der Waals surface area contributed by atoms with Gasteiger partial charge in [-0.3, -0.25) is 4.79 Å². The van der Waals surface area contributed by atoms with Crippen LogP contribution in [0.4, 0.5) is 0 Å². The van der Waals surface area contributed by atoms with E-state index in [1.165, 1.54) is 7.11 Å². The number of esters is 1. The molecule has 1 unspecified atom stereocenters. The largest absolute Gasteiger partial charge is 0.493 e. The molecule has 78 valence electrons. The van der Waals surface area contributed by atoms with Crippen LogP contribution >= 0.6 is 8.19 Å². The van der Waals surface area contributed by atoms with Gasteiger partial charge in [0.1, 0.15) is 0 Å². The molecule has 0 saturated carbocycles. The number of carbonyl (C=O) groups is 1. The standard InChI is InChI=1S/C9H13O4P/c1-11-6-5-14-7(9(6)13-3)4-8(10)12-2/h5,14H,4H2,1-3H3. The number of carbonyl (C=O) groups excluding carboxylic acids is 1. The highest BCUT2D eigenvalue weighted by atomic mass is 31.0. The van der Waals surface area contributed by atoms with Crippen LogP contribution in [0.15, 0.2) is 5.80 Å². The first-order valence-corrected chi connectivity index (χ1v) is 5.15. The van der Waals surface area contributed by atoms with E-state index in [9.17, 15) is 4.79 Å². The lowest BCUT2D eigenvalue weighted by Gasteiger charge is -2.04. The van der Waals surface area contributed by atoms with E-state index < -0.39 is 0 Å². The highest BCUT2D eigenvalue weighted by Crippen LogP contribution is 2.40. The lowest BCUT2D eigenvalue weighted by molar-refractivity contribution is -0.139. The molecule has 0 aliphatic carbocycles. The van der Waals surface area contributed by atoms with Gasteiger partial charge in [0, 0.05) is 11.1 Å². The Morgan fingerprint density at radius 3 is 2.57 bits per heavy atom. The second-order valence-corrected chi connectivity index (χ2v) is 3.80. The number of rotatable bonds is 4. The molecule has 5 heteroatoms. The molecule has 1 rings (SSSR count). The zero-order valence-electron chi connectivity index (χ0n) is 8.42. The van der Waals surface area contributed by atoms with Crippen LogP contribution in [0.5, 0.6) is 11.5 Å². The van der Waals surface area contributed by atoms with E-state index in [0.717, 1.165) is 5.30 Å². The average molecular weight is 216 g/mol. The van der Waals surface area contributed by atoms with Gasteiger partial charge >= 0.3 is 5.97 Å². The molecule has 1 aromatic heterocycles. The zero-order valence-corrected chi connectivity index (χ0v) is 9.42. The molecule has 0 amide bonds. The van der Waals surface area contributed by atoms with Crippen molar-refractivity contribution in [3.05, 3.63) is 11.1 Å². The highest BCUT2D eigenvalue weighted by molar-refractivity contribution is 7.30. The molecule has 0 saturated heterocycles. The second kappa shape index (κ2) is 4.91. The summed E-state index contributed by atoms with van der Waals surface area (Å²) in [4.78, 5) is 11.1. The maximum Gasteiger partial charge on any atom is 0.310 e. The van der Waals surface area contributed by atoms with Gasteiger partial charge in [0.25, 0.3) is 0 Å². The van der Waals surface area contributed by atoms with E-state index in [4.69, 9.17) is 9.47 Å². The van der Waals surface area contributed by atoms with Crippen molar-refractivity contribution >= 4 is 14.2 Å². The number of hydrogen-bond donors (Lipinski definition) is 0. The first-order chi connectivity index (χ1) is 6.72. The molecule has 1 aromatic rings. The van der Waals surface area contributed by atoms with Gasteiger partial charge in [-0.05, 0) is 0 Å². The molecule has 4 nitrogen and oxygen atoms in total. The Bertz CT molecular complexity index is 319. The quantitative estimate of drug-likeness (QED) is 0.714. The van der Waals surface area contributed by atoms with Crippen molar-refractivity contribution in [2.45, 2.75) is 6.42 Å². The van der Waals surface area contributed by atoms with Gasteiger partial charge in [-0.2, -0.15) is 0 Å². The summed E-state index contributed by atoms with van der Waals surface area (Å²) < 4.78 is 14.8. The minimum Gasteiger partial charge on any atom is -0.493 e. The predicted molar refractivity (Wildman–Crippen MR) is 54.8 cm³/mol. The van der Waals surface area contributed by atoms with Crippen molar-refractivity contribution in [1.29, 1.82) is 0 Å². The maximum atomic E-state index is 11.1. The third kappa shape index (κ3) is 2.20. The molecule has 1 heterocycles. The van der Waals surface area contributed by atoms with Crippen LogP contribution in [0.1, 0.15) is 5.30 Å². The first kappa shape index (κ1) is 10.9. The van der Waals surface area contributed by atoms with Gasteiger partial charge in [0.05, 0.1) is 27.8 Å². The third-order valence-electron chi connectivity index (χ3n) is 1.85. The first-order valence-electron chi connectivity index (χ1n) is 4.08. The molecule has 0 N–H and O–H groups in total. The summed E-state index contributed by atoms with van der Waals surface area (Å²) in [5.74, 6) is 3.02. The monoisotopic (exact) mass is 216 g/mol. The molecule has 0 radical (unpaired) electrons. The molecule has 14 heavy (non-hydrogen) atoms. The van der Waals surface area contributed by atoms with Crippen LogP contribution in [-0.2, 0) is 16.0 Å². The fourth-order valence-corrected chi connectivity index (χ4v) is 2.31. The van der Waals surface area contributed by atoms with Gasteiger partial charge in [-0.1, -0.05) is 0 Å². The van der Waals surface area contributed by atoms with E-state index >= 15 is 0 Å². The highest BCUT2D eigenvalue weighted by Gasteiger charge is 2.14. The van der Waals surface area contributed by atoms with Crippen LogP contribution in [0, 0.1) is 0 Å². The molecule has 0 bridgehead atoms. The fraction of sp³-hybridized carbons (Fsp3) is 0.444. The number of methoxy groups -OCH3 is 3. The maximum absolute atomic E-state index is 11.1. The average Bonchev–Trinajstić information content (AvgIpc) is 2.59. The van der Waals surface area contributed by atoms with Gasteiger partial charge < -0.3 is 14.2 Å². The molecule has 0 aliphatic heterocycles. The van der Waals surface area contributed by atoms with Crippen molar-refractivity contribution < 1.29 is 19.0 Å². The van der Waals surface area contributed by atoms with Gasteiger partial charge in [0.15, 0.2) is 11.5 Å². The number of hydrogen-bond acceptors (Lipinski definition) is 4. The minimum atomic E-state index is -0.257. The van der Waals surface area contributed by atoms with Crippen molar-refractivity contribution in [1.82, 2.24) is 0 Å². The summed E-state index contributed by atoms with van der Waals surface area (Å²) in [5, 5.41) is 0.927. The van der Waals surface area contributed by atoms with Crippen LogP contribution in [0.25, 0.3) is 0 Å². The van der Waals surface area contributed by atoms with Crippen molar-refractivity contribution in [2.75, 3.05) is 21.3 Å². The molecular formula is C9H13O4P. The van der Waals surface area contributed by atoms with E-state index in [2.05, 4.69) is 4.74 Å². The smallest absolute Gasteiger partial charge is 0.310 e. The van der Waals surface area contributed by atoms with Crippen LogP contribution in [0.3, 0.4) is 0 Å². The third-order valence-corrected chi connectivity index (χ3v) is 3.01. The second-order valence-electron chi connectivity index (χ2n) is 2.62. The van der Waals surface area contributed by atoms with Crippen molar-refractivity contribution in [3.8, 4) is 11.5 Å². The molecule has 0 fully saturated rings. The predicted octanol–water partition coefficient (Wildman–Crippen LogP) is 1.45. The lowest BCUT2D eigenvalue weighted by Crippen LogP contribution is -2.03. The lowest BCUT2D eigenvalue weighted by atomic mass is 10.3. The molecular weight excluding hydrogens is 203 g/mol. The van der Waals surface area contributed by atoms with E-state index in [0.29, 0.717) is 19.7 Å². The molecule has 0 aromatic carbocycles. The van der Waals surface area contributed by atoms with E-state index in [1.54, 1.807) is 14.2 Å². The Kier molecular flexibility index (Phi) is 3.84. The Labute approximate surface area is 84.2 Å². The summed E-state index contributed by atoms with van der Waals surface area (Å²) in [6, 6.07) is 0. The minimum absolute atomic E-state index is 0.257. The summed E-state index contributed by atoms with van der Waals surface area (Å²) in [6.45, 7) is 0. The molecule has 0 spiro atoms. The molecule has 0 aliphatic rings. The summed E-state index contributed by atoms with van der Waals surface area (Å²) >= 11 is 0. The van der Waals surface area contributed by atoms with Crippen molar-refractivity contribution in [2.24, 2.45) is 0 Å². The summed E-state index contributed by atoms with van der Waals surface area (Å²) in [5.41, 5.74) is 0. The van der Waals surface area contributed by atoms with Gasteiger partial charge in [-0.25, -0.2) is 0 Å². The Balaban J connectivity index is 2.86. The van der Waals surface area contributed by atoms with Crippen LogP contribution in [0.2, 0.25) is 0 Å². The Hall–Kier alpha value is -1.15. The van der Waals surface area contributed by atoms with E-state index in [1.807, 2.05) is 5.80 Å². The Morgan fingerprint density at radius 1 is 1.36 bits per heavy atom. The van der Waals surface area contributed by atoms with E-state index in [-0.39, 0.29) is 12.4 Å². The number of ether oxygens (including phenoxy) is 3. The normalized spacial score (nSPS) is 10.2. The van der Waals surface area contributed by atoms with Crippen LogP contribution in [-0.4, -0.2) is 27.3 Å². The summed E-state index contributed by atoms with van der Waals surface area (Å²) in [6.07, 6.45) is 0.265. The van der Waals surface area contributed by atoms with Gasteiger partial charge in [0.2, 0.25) is 0 Å². The molecule has 1 atom stereocenters. The van der Waals surface area contributed by atoms with Gasteiger partial charge in [-0.15, -0.1) is 8.19 Å². The Morgan fingerprint density at radius 2 is 2.07 bits per heavy atom. The fourth-order valence-electron chi connectivity index (χ4n) is 1.16. The summed E-state index contributed by atoms with van der Waals surface area (Å²) in [7, 11) is 4.95. The zero-order chi connectivity index (χ0) is 10.6. The SMILES string of the molecule is COC(=O)Cc1[pH]cc(OC)c1OC. The van der Waals surface area contributed by atoms with Crippen LogP contribution < -0.4 is 9.47 Å². The topological polar surface area (TPSA) is 44.8 Å².